The highest BCUT2D eigenvalue weighted by Crippen LogP contribution is 2.30. The Morgan fingerprint density at radius 2 is 1.62 bits per heavy atom. The van der Waals surface area contributed by atoms with Crippen LogP contribution in [0.4, 0.5) is 24.5 Å². The number of halogens is 3. The Balaban J connectivity index is 1.59. The quantitative estimate of drug-likeness (QED) is 0.812. The van der Waals surface area contributed by atoms with Gasteiger partial charge in [0.05, 0.1) is 17.4 Å². The van der Waals surface area contributed by atoms with E-state index in [0.29, 0.717) is 17.1 Å². The number of nitrogens with zero attached hydrogens (tertiary/aromatic N) is 1. The molecule has 2 N–H and O–H groups in total. The summed E-state index contributed by atoms with van der Waals surface area (Å²) in [6, 6.07) is 8.23. The number of rotatable bonds is 4. The van der Waals surface area contributed by atoms with Gasteiger partial charge in [-0.05, 0) is 49.2 Å². The highest BCUT2D eigenvalue weighted by molar-refractivity contribution is 5.92. The van der Waals surface area contributed by atoms with Crippen LogP contribution in [-0.2, 0) is 6.18 Å². The van der Waals surface area contributed by atoms with E-state index in [0.717, 1.165) is 37.8 Å². The lowest BCUT2D eigenvalue weighted by atomic mass is 9.95. The average molecular weight is 363 g/mol. The van der Waals surface area contributed by atoms with Gasteiger partial charge in [0.25, 0.3) is 5.91 Å². The van der Waals surface area contributed by atoms with Crippen LogP contribution < -0.4 is 10.6 Å². The fourth-order valence-electron chi connectivity index (χ4n) is 3.02. The summed E-state index contributed by atoms with van der Waals surface area (Å²) in [5.41, 5.74) is 0.739. The topological polar surface area (TPSA) is 54.0 Å². The monoisotopic (exact) mass is 363 g/mol. The minimum atomic E-state index is -4.35. The van der Waals surface area contributed by atoms with Gasteiger partial charge in [-0.1, -0.05) is 19.3 Å². The molecule has 4 nitrogen and oxygen atoms in total. The predicted molar refractivity (Wildman–Crippen MR) is 93.3 cm³/mol. The standard InChI is InChI=1S/C19H20F3N3O/c20-19(21,22)13-6-8-15(9-7-13)24-16-10-11-17(23-12-16)18(26)25-14-4-2-1-3-5-14/h6-12,14,24H,1-5H2,(H,25,26). The zero-order chi connectivity index (χ0) is 18.6. The number of nitrogens with one attached hydrogen (secondary N) is 2. The first-order valence-electron chi connectivity index (χ1n) is 8.63. The molecule has 3 rings (SSSR count). The molecule has 0 bridgehead atoms. The summed E-state index contributed by atoms with van der Waals surface area (Å²) in [7, 11) is 0. The van der Waals surface area contributed by atoms with Crippen LogP contribution in [0.3, 0.4) is 0 Å². The van der Waals surface area contributed by atoms with Crippen LogP contribution in [0.25, 0.3) is 0 Å². The van der Waals surface area contributed by atoms with Crippen molar-refractivity contribution < 1.29 is 18.0 Å². The van der Waals surface area contributed by atoms with E-state index in [2.05, 4.69) is 15.6 Å². The fraction of sp³-hybridized carbons (Fsp3) is 0.368. The number of carbonyl (C=O) groups is 1. The van der Waals surface area contributed by atoms with Crippen molar-refractivity contribution in [3.63, 3.8) is 0 Å². The molecule has 0 aliphatic heterocycles. The second-order valence-corrected chi connectivity index (χ2v) is 6.44. The molecule has 0 saturated heterocycles. The number of pyridine rings is 1. The Bertz CT molecular complexity index is 736. The smallest absolute Gasteiger partial charge is 0.354 e. The molecule has 1 aromatic carbocycles. The van der Waals surface area contributed by atoms with Crippen LogP contribution in [0.2, 0.25) is 0 Å². The number of amides is 1. The summed E-state index contributed by atoms with van der Waals surface area (Å²) in [4.78, 5) is 16.4. The molecule has 1 aliphatic carbocycles. The zero-order valence-corrected chi connectivity index (χ0v) is 14.1. The maximum Gasteiger partial charge on any atom is 0.416 e. The summed E-state index contributed by atoms with van der Waals surface area (Å²) in [5.74, 6) is -0.196. The summed E-state index contributed by atoms with van der Waals surface area (Å²) in [5, 5.41) is 5.96. The van der Waals surface area contributed by atoms with Gasteiger partial charge in [-0.3, -0.25) is 4.79 Å². The Kier molecular flexibility index (Phi) is 5.44. The number of benzene rings is 1. The van der Waals surface area contributed by atoms with Gasteiger partial charge in [0.15, 0.2) is 0 Å². The lowest BCUT2D eigenvalue weighted by Gasteiger charge is -2.22. The fourth-order valence-corrected chi connectivity index (χ4v) is 3.02. The molecule has 1 fully saturated rings. The van der Waals surface area contributed by atoms with Crippen LogP contribution in [0.15, 0.2) is 42.6 Å². The normalized spacial score (nSPS) is 15.5. The molecule has 0 spiro atoms. The number of alkyl halides is 3. The molecular weight excluding hydrogens is 343 g/mol. The average Bonchev–Trinajstić information content (AvgIpc) is 2.63. The maximum atomic E-state index is 12.6. The number of hydrogen-bond donors (Lipinski definition) is 2. The van der Waals surface area contributed by atoms with Crippen molar-refractivity contribution in [2.75, 3.05) is 5.32 Å². The van der Waals surface area contributed by atoms with Gasteiger partial charge >= 0.3 is 6.18 Å². The highest BCUT2D eigenvalue weighted by Gasteiger charge is 2.29. The minimum Gasteiger partial charge on any atom is -0.354 e. The summed E-state index contributed by atoms with van der Waals surface area (Å²) >= 11 is 0. The van der Waals surface area contributed by atoms with Gasteiger partial charge < -0.3 is 10.6 Å². The summed E-state index contributed by atoms with van der Waals surface area (Å²) in [6.45, 7) is 0. The molecule has 0 unspecified atom stereocenters. The van der Waals surface area contributed by atoms with E-state index in [-0.39, 0.29) is 11.9 Å². The molecular formula is C19H20F3N3O. The highest BCUT2D eigenvalue weighted by atomic mass is 19.4. The number of anilines is 2. The van der Waals surface area contributed by atoms with Crippen LogP contribution in [0, 0.1) is 0 Å². The molecule has 1 heterocycles. The van der Waals surface area contributed by atoms with Gasteiger partial charge in [-0.2, -0.15) is 13.2 Å². The van der Waals surface area contributed by atoms with Gasteiger partial charge in [-0.25, -0.2) is 4.98 Å². The van der Waals surface area contributed by atoms with Crippen molar-refractivity contribution in [3.8, 4) is 0 Å². The third kappa shape index (κ3) is 4.74. The first-order valence-corrected chi connectivity index (χ1v) is 8.63. The minimum absolute atomic E-state index is 0.196. The number of hydrogen-bond acceptors (Lipinski definition) is 3. The van der Waals surface area contributed by atoms with Crippen molar-refractivity contribution >= 4 is 17.3 Å². The molecule has 7 heteroatoms. The second-order valence-electron chi connectivity index (χ2n) is 6.44. The molecule has 26 heavy (non-hydrogen) atoms. The molecule has 1 saturated carbocycles. The molecule has 0 radical (unpaired) electrons. The molecule has 0 atom stereocenters. The van der Waals surface area contributed by atoms with E-state index in [4.69, 9.17) is 0 Å². The number of aromatic nitrogens is 1. The Labute approximate surface area is 149 Å². The van der Waals surface area contributed by atoms with Gasteiger partial charge in [-0.15, -0.1) is 0 Å². The summed E-state index contributed by atoms with van der Waals surface area (Å²) in [6.07, 6.45) is 2.62. The van der Waals surface area contributed by atoms with E-state index in [9.17, 15) is 18.0 Å². The van der Waals surface area contributed by atoms with E-state index in [1.54, 1.807) is 12.1 Å². The van der Waals surface area contributed by atoms with E-state index < -0.39 is 11.7 Å². The third-order valence-corrected chi connectivity index (χ3v) is 4.44. The first kappa shape index (κ1) is 18.2. The van der Waals surface area contributed by atoms with E-state index in [1.807, 2.05) is 0 Å². The summed E-state index contributed by atoms with van der Waals surface area (Å²) < 4.78 is 37.7. The third-order valence-electron chi connectivity index (χ3n) is 4.44. The van der Waals surface area contributed by atoms with Gasteiger partial charge in [0.1, 0.15) is 5.69 Å². The Morgan fingerprint density at radius 3 is 2.19 bits per heavy atom. The maximum absolute atomic E-state index is 12.6. The predicted octanol–water partition coefficient (Wildman–Crippen LogP) is 4.91. The Morgan fingerprint density at radius 1 is 0.962 bits per heavy atom. The lowest BCUT2D eigenvalue weighted by Crippen LogP contribution is -2.36. The zero-order valence-electron chi connectivity index (χ0n) is 14.1. The van der Waals surface area contributed by atoms with E-state index >= 15 is 0 Å². The van der Waals surface area contributed by atoms with E-state index in [1.165, 1.54) is 24.8 Å². The van der Waals surface area contributed by atoms with Crippen LogP contribution in [-0.4, -0.2) is 16.9 Å². The van der Waals surface area contributed by atoms with Crippen molar-refractivity contribution in [1.29, 1.82) is 0 Å². The lowest BCUT2D eigenvalue weighted by molar-refractivity contribution is -0.137. The largest absolute Gasteiger partial charge is 0.416 e. The molecule has 1 aliphatic rings. The Hall–Kier alpha value is -2.57. The van der Waals surface area contributed by atoms with Crippen LogP contribution in [0.1, 0.15) is 48.2 Å². The van der Waals surface area contributed by atoms with Crippen LogP contribution in [0.5, 0.6) is 0 Å². The molecule has 2 aromatic rings. The van der Waals surface area contributed by atoms with Gasteiger partial charge in [0, 0.05) is 11.7 Å². The van der Waals surface area contributed by atoms with Crippen LogP contribution >= 0.6 is 0 Å². The van der Waals surface area contributed by atoms with Gasteiger partial charge in [0.2, 0.25) is 0 Å². The van der Waals surface area contributed by atoms with Crippen molar-refractivity contribution in [3.05, 3.63) is 53.9 Å². The van der Waals surface area contributed by atoms with Crippen molar-refractivity contribution in [1.82, 2.24) is 10.3 Å². The molecule has 1 amide bonds. The van der Waals surface area contributed by atoms with Crippen molar-refractivity contribution in [2.45, 2.75) is 44.3 Å². The first-order chi connectivity index (χ1) is 12.4. The SMILES string of the molecule is O=C(NC1CCCCC1)c1ccc(Nc2ccc(C(F)(F)F)cc2)cn1. The molecule has 1 aromatic heterocycles. The molecule has 138 valence electrons. The number of carbonyl (C=O) groups excluding carboxylic acids is 1. The van der Waals surface area contributed by atoms with Crippen molar-refractivity contribution in [2.24, 2.45) is 0 Å². The second kappa shape index (κ2) is 7.76.